The van der Waals surface area contributed by atoms with E-state index in [4.69, 9.17) is 5.11 Å². The Kier molecular flexibility index (Phi) is 5.83. The van der Waals surface area contributed by atoms with Crippen molar-refractivity contribution in [2.45, 2.75) is 25.7 Å². The number of amides is 2. The molecule has 0 saturated carbocycles. The molecule has 0 fully saturated rings. The molecule has 1 heterocycles. The minimum atomic E-state index is -4.59. The number of carbonyl (C=O) groups is 3. The van der Waals surface area contributed by atoms with Gasteiger partial charge in [-0.2, -0.15) is 18.3 Å². The Bertz CT molecular complexity index is 846. The van der Waals surface area contributed by atoms with Crippen LogP contribution in [0.25, 0.3) is 0 Å². The molecule has 2 amide bonds. The van der Waals surface area contributed by atoms with Crippen molar-refractivity contribution < 1.29 is 32.7 Å². The molecule has 11 heteroatoms. The summed E-state index contributed by atoms with van der Waals surface area (Å²) in [5.41, 5.74) is -0.602. The van der Waals surface area contributed by atoms with Crippen LogP contribution in [0.15, 0.2) is 36.5 Å². The van der Waals surface area contributed by atoms with Gasteiger partial charge in [0.2, 0.25) is 5.91 Å². The fourth-order valence-electron chi connectivity index (χ4n) is 2.00. The van der Waals surface area contributed by atoms with Gasteiger partial charge >= 0.3 is 12.1 Å². The molecule has 1 unspecified atom stereocenters. The van der Waals surface area contributed by atoms with E-state index in [9.17, 15) is 27.6 Å². The van der Waals surface area contributed by atoms with Crippen LogP contribution in [0, 0.1) is 0 Å². The van der Waals surface area contributed by atoms with Gasteiger partial charge in [0.25, 0.3) is 5.91 Å². The number of hydrogen-bond acceptors (Lipinski definition) is 4. The second-order valence-electron chi connectivity index (χ2n) is 5.56. The van der Waals surface area contributed by atoms with Gasteiger partial charge in [0.15, 0.2) is 5.69 Å². The minimum Gasteiger partial charge on any atom is -0.480 e. The lowest BCUT2D eigenvalue weighted by Crippen LogP contribution is -2.38. The van der Waals surface area contributed by atoms with E-state index in [-0.39, 0.29) is 5.56 Å². The number of anilines is 1. The molecular weight excluding hydrogens is 369 g/mol. The van der Waals surface area contributed by atoms with Crippen LogP contribution in [0.5, 0.6) is 0 Å². The quantitative estimate of drug-likeness (QED) is 0.702. The molecule has 0 aliphatic carbocycles. The number of benzene rings is 1. The number of nitrogens with zero attached hydrogens (tertiary/aromatic N) is 2. The number of alkyl halides is 3. The van der Waals surface area contributed by atoms with Crippen LogP contribution in [0.4, 0.5) is 18.9 Å². The van der Waals surface area contributed by atoms with E-state index in [1.807, 2.05) is 0 Å². The fourth-order valence-corrected chi connectivity index (χ4v) is 2.00. The first-order valence-electron chi connectivity index (χ1n) is 7.60. The van der Waals surface area contributed by atoms with Crippen LogP contribution in [-0.4, -0.2) is 38.7 Å². The summed E-state index contributed by atoms with van der Waals surface area (Å²) >= 11 is 0. The fraction of sp³-hybridized carbons (Fsp3) is 0.250. The number of aliphatic carboxylic acids is 1. The van der Waals surface area contributed by atoms with Crippen LogP contribution in [0.2, 0.25) is 0 Å². The standard InChI is InChI=1S/C16H15F3N4O4/c1-9(15(26)27)20-14(25)10-2-4-11(5-3-10)21-13(24)8-23-7-6-12(22-23)16(17,18)19/h2-7,9H,8H2,1H3,(H,20,25)(H,21,24)(H,26,27). The number of carbonyl (C=O) groups excluding carboxylic acids is 2. The molecule has 1 atom stereocenters. The molecule has 8 nitrogen and oxygen atoms in total. The Hall–Kier alpha value is -3.37. The third-order valence-electron chi connectivity index (χ3n) is 3.39. The van der Waals surface area contributed by atoms with Crippen molar-refractivity contribution in [1.29, 1.82) is 0 Å². The Balaban J connectivity index is 1.94. The molecule has 0 bridgehead atoms. The summed E-state index contributed by atoms with van der Waals surface area (Å²) in [5, 5.41) is 16.8. The van der Waals surface area contributed by atoms with Crippen molar-refractivity contribution in [1.82, 2.24) is 15.1 Å². The van der Waals surface area contributed by atoms with E-state index in [0.717, 1.165) is 16.9 Å². The molecule has 3 N–H and O–H groups in total. The molecule has 27 heavy (non-hydrogen) atoms. The highest BCUT2D eigenvalue weighted by Gasteiger charge is 2.33. The van der Waals surface area contributed by atoms with Crippen molar-refractivity contribution in [3.63, 3.8) is 0 Å². The number of hydrogen-bond donors (Lipinski definition) is 3. The lowest BCUT2D eigenvalue weighted by Gasteiger charge is -2.10. The van der Waals surface area contributed by atoms with Crippen LogP contribution in [0.3, 0.4) is 0 Å². The van der Waals surface area contributed by atoms with E-state index >= 15 is 0 Å². The average Bonchev–Trinajstić information content (AvgIpc) is 3.03. The number of carboxylic acid groups (broad SMARTS) is 1. The van der Waals surface area contributed by atoms with Gasteiger partial charge in [0.1, 0.15) is 12.6 Å². The van der Waals surface area contributed by atoms with E-state index in [1.54, 1.807) is 0 Å². The van der Waals surface area contributed by atoms with Gasteiger partial charge in [-0.25, -0.2) is 0 Å². The molecule has 144 valence electrons. The average molecular weight is 384 g/mol. The first-order chi connectivity index (χ1) is 12.6. The molecule has 0 aliphatic rings. The van der Waals surface area contributed by atoms with E-state index in [1.165, 1.54) is 31.2 Å². The first-order valence-corrected chi connectivity index (χ1v) is 7.60. The van der Waals surface area contributed by atoms with E-state index in [2.05, 4.69) is 15.7 Å². The van der Waals surface area contributed by atoms with Crippen molar-refractivity contribution >= 4 is 23.5 Å². The normalized spacial score (nSPS) is 12.3. The molecule has 1 aromatic carbocycles. The van der Waals surface area contributed by atoms with Crippen molar-refractivity contribution in [3.8, 4) is 0 Å². The maximum atomic E-state index is 12.5. The lowest BCUT2D eigenvalue weighted by atomic mass is 10.2. The number of rotatable bonds is 6. The first kappa shape index (κ1) is 19.9. The maximum absolute atomic E-state index is 12.5. The third-order valence-corrected chi connectivity index (χ3v) is 3.39. The van der Waals surface area contributed by atoms with Crippen molar-refractivity contribution in [2.24, 2.45) is 0 Å². The summed E-state index contributed by atoms with van der Waals surface area (Å²) < 4.78 is 38.3. The second-order valence-corrected chi connectivity index (χ2v) is 5.56. The number of nitrogens with one attached hydrogen (secondary N) is 2. The van der Waals surface area contributed by atoms with Crippen LogP contribution in [-0.2, 0) is 22.3 Å². The van der Waals surface area contributed by atoms with Crippen LogP contribution in [0.1, 0.15) is 23.0 Å². The summed E-state index contributed by atoms with van der Waals surface area (Å²) in [6, 6.07) is 5.25. The zero-order valence-electron chi connectivity index (χ0n) is 13.9. The molecule has 0 aliphatic heterocycles. The highest BCUT2D eigenvalue weighted by Crippen LogP contribution is 2.27. The van der Waals surface area contributed by atoms with Gasteiger partial charge in [-0.1, -0.05) is 0 Å². The zero-order chi connectivity index (χ0) is 20.2. The largest absolute Gasteiger partial charge is 0.480 e. The predicted molar refractivity (Wildman–Crippen MR) is 86.9 cm³/mol. The molecule has 1 aromatic heterocycles. The van der Waals surface area contributed by atoms with E-state index in [0.29, 0.717) is 5.69 Å². The summed E-state index contributed by atoms with van der Waals surface area (Å²) in [6.07, 6.45) is -3.55. The highest BCUT2D eigenvalue weighted by molar-refractivity contribution is 5.97. The third kappa shape index (κ3) is 5.56. The Morgan fingerprint density at radius 2 is 1.81 bits per heavy atom. The van der Waals surface area contributed by atoms with Gasteiger partial charge in [-0.3, -0.25) is 19.1 Å². The molecule has 0 saturated heterocycles. The Labute approximate surface area is 151 Å². The van der Waals surface area contributed by atoms with Crippen molar-refractivity contribution in [3.05, 3.63) is 47.8 Å². The van der Waals surface area contributed by atoms with Gasteiger partial charge < -0.3 is 15.7 Å². The lowest BCUT2D eigenvalue weighted by molar-refractivity contribution is -0.141. The number of carboxylic acids is 1. The van der Waals surface area contributed by atoms with Crippen LogP contribution >= 0.6 is 0 Å². The highest BCUT2D eigenvalue weighted by atomic mass is 19.4. The molecule has 2 rings (SSSR count). The molecule has 0 radical (unpaired) electrons. The maximum Gasteiger partial charge on any atom is 0.435 e. The Morgan fingerprint density at radius 3 is 2.33 bits per heavy atom. The van der Waals surface area contributed by atoms with E-state index < -0.39 is 42.2 Å². The van der Waals surface area contributed by atoms with Crippen LogP contribution < -0.4 is 10.6 Å². The predicted octanol–water partition coefficient (Wildman–Crippen LogP) is 1.74. The second kappa shape index (κ2) is 7.89. The Morgan fingerprint density at radius 1 is 1.19 bits per heavy atom. The topological polar surface area (TPSA) is 113 Å². The summed E-state index contributed by atoms with van der Waals surface area (Å²) in [6.45, 7) is 0.892. The minimum absolute atomic E-state index is 0.183. The molecule has 0 spiro atoms. The monoisotopic (exact) mass is 384 g/mol. The molecular formula is C16H15F3N4O4. The van der Waals surface area contributed by atoms with Gasteiger partial charge in [0.05, 0.1) is 0 Å². The summed E-state index contributed by atoms with van der Waals surface area (Å²) in [5.74, 6) is -2.39. The van der Waals surface area contributed by atoms with Gasteiger partial charge in [0, 0.05) is 17.4 Å². The zero-order valence-corrected chi connectivity index (χ0v) is 13.9. The van der Waals surface area contributed by atoms with Gasteiger partial charge in [-0.05, 0) is 37.3 Å². The SMILES string of the molecule is CC(NC(=O)c1ccc(NC(=O)Cn2ccc(C(F)(F)F)n2)cc1)C(=O)O. The smallest absolute Gasteiger partial charge is 0.435 e. The van der Waals surface area contributed by atoms with Gasteiger partial charge in [-0.15, -0.1) is 0 Å². The van der Waals surface area contributed by atoms with Crippen molar-refractivity contribution in [2.75, 3.05) is 5.32 Å². The summed E-state index contributed by atoms with van der Waals surface area (Å²) in [4.78, 5) is 34.5. The number of halogens is 3. The number of aromatic nitrogens is 2. The summed E-state index contributed by atoms with van der Waals surface area (Å²) in [7, 11) is 0. The molecule has 2 aromatic rings.